The molecule has 0 saturated heterocycles. The molecular weight excluding hydrogens is 613 g/mol. The van der Waals surface area contributed by atoms with Gasteiger partial charge in [0.15, 0.2) is 6.10 Å². The third-order valence-corrected chi connectivity index (χ3v) is 9.17. The van der Waals surface area contributed by atoms with Crippen LogP contribution in [0.1, 0.15) is 181 Å². The lowest BCUT2D eigenvalue weighted by Crippen LogP contribution is -2.27. The van der Waals surface area contributed by atoms with Crippen molar-refractivity contribution in [2.24, 2.45) is 5.73 Å². The van der Waals surface area contributed by atoms with E-state index in [1.165, 1.54) is 128 Å². The highest BCUT2D eigenvalue weighted by atomic mass is 31.2. The van der Waals surface area contributed by atoms with Gasteiger partial charge in [-0.15, -0.1) is 0 Å². The number of rotatable bonds is 37. The van der Waals surface area contributed by atoms with E-state index in [0.717, 1.165) is 32.1 Å². The summed E-state index contributed by atoms with van der Waals surface area (Å²) < 4.78 is 33.0. The van der Waals surface area contributed by atoms with Gasteiger partial charge in [-0.25, -0.2) is 4.57 Å². The minimum atomic E-state index is -4.28. The SMILES string of the molecule is CCCCCCC=CCCCCCCCCC=COCC(COP(=O)(O)OCCN)OC(=O)CCCCCCCCCCCCCC. The highest BCUT2D eigenvalue weighted by molar-refractivity contribution is 7.47. The average Bonchev–Trinajstić information content (AvgIpc) is 3.06. The standard InChI is InChI=1S/C38H74NO7P/c1-3-5-7-9-11-13-15-17-18-19-20-22-24-26-28-30-33-43-35-37(36-45-47(41,42)44-34-32-39)46-38(40)31-29-27-25-23-21-16-14-12-10-8-6-4-2/h13,15,30,33,37H,3-12,14,16-29,31-32,34-36,39H2,1-2H3,(H,41,42). The summed E-state index contributed by atoms with van der Waals surface area (Å²) in [6, 6.07) is 0. The number of nitrogens with two attached hydrogens (primary N) is 1. The Hall–Kier alpha value is -1.18. The molecule has 0 amide bonds. The van der Waals surface area contributed by atoms with Crippen LogP contribution in [0.25, 0.3) is 0 Å². The first-order valence-electron chi connectivity index (χ1n) is 19.4. The first-order chi connectivity index (χ1) is 22.9. The van der Waals surface area contributed by atoms with Gasteiger partial charge in [-0.05, 0) is 51.0 Å². The lowest BCUT2D eigenvalue weighted by atomic mass is 10.0. The zero-order valence-electron chi connectivity index (χ0n) is 30.5. The molecule has 0 aromatic carbocycles. The Morgan fingerprint density at radius 1 is 0.638 bits per heavy atom. The number of esters is 1. The lowest BCUT2D eigenvalue weighted by molar-refractivity contribution is -0.153. The summed E-state index contributed by atoms with van der Waals surface area (Å²) in [5.41, 5.74) is 5.34. The quantitative estimate of drug-likeness (QED) is 0.0218. The Labute approximate surface area is 289 Å². The van der Waals surface area contributed by atoms with Gasteiger partial charge >= 0.3 is 13.8 Å². The van der Waals surface area contributed by atoms with Gasteiger partial charge in [0.2, 0.25) is 0 Å². The van der Waals surface area contributed by atoms with Crippen LogP contribution in [0.5, 0.6) is 0 Å². The van der Waals surface area contributed by atoms with Gasteiger partial charge in [-0.2, -0.15) is 0 Å². The van der Waals surface area contributed by atoms with E-state index < -0.39 is 13.9 Å². The van der Waals surface area contributed by atoms with Gasteiger partial charge < -0.3 is 20.1 Å². The van der Waals surface area contributed by atoms with E-state index in [0.29, 0.717) is 6.42 Å². The van der Waals surface area contributed by atoms with E-state index in [-0.39, 0.29) is 32.3 Å². The van der Waals surface area contributed by atoms with Crippen LogP contribution < -0.4 is 5.73 Å². The van der Waals surface area contributed by atoms with Crippen molar-refractivity contribution >= 4 is 13.8 Å². The molecule has 3 N–H and O–H groups in total. The molecule has 9 heteroatoms. The van der Waals surface area contributed by atoms with Crippen LogP contribution in [0, 0.1) is 0 Å². The fourth-order valence-electron chi connectivity index (χ4n) is 5.31. The normalized spacial score (nSPS) is 13.8. The van der Waals surface area contributed by atoms with E-state index in [1.807, 2.05) is 6.08 Å². The predicted molar refractivity (Wildman–Crippen MR) is 196 cm³/mol. The first kappa shape index (κ1) is 45.8. The number of hydrogen-bond acceptors (Lipinski definition) is 7. The Bertz CT molecular complexity index is 777. The summed E-state index contributed by atoms with van der Waals surface area (Å²) >= 11 is 0. The Balaban J connectivity index is 4.13. The van der Waals surface area contributed by atoms with Crippen molar-refractivity contribution < 1.29 is 32.8 Å². The minimum absolute atomic E-state index is 0.0325. The highest BCUT2D eigenvalue weighted by Crippen LogP contribution is 2.43. The summed E-state index contributed by atoms with van der Waals surface area (Å²) in [7, 11) is -4.28. The second-order valence-electron chi connectivity index (χ2n) is 12.9. The molecule has 0 bridgehead atoms. The first-order valence-corrected chi connectivity index (χ1v) is 20.9. The molecule has 0 aliphatic rings. The number of unbranched alkanes of at least 4 members (excludes halogenated alkanes) is 22. The van der Waals surface area contributed by atoms with Gasteiger partial charge in [0, 0.05) is 13.0 Å². The zero-order chi connectivity index (χ0) is 34.5. The molecule has 0 aliphatic heterocycles. The smallest absolute Gasteiger partial charge is 0.472 e. The molecule has 0 saturated carbocycles. The van der Waals surface area contributed by atoms with E-state index in [2.05, 4.69) is 26.0 Å². The Morgan fingerprint density at radius 3 is 1.60 bits per heavy atom. The summed E-state index contributed by atoms with van der Waals surface area (Å²) in [4.78, 5) is 22.3. The maximum absolute atomic E-state index is 12.5. The number of carbonyl (C=O) groups is 1. The van der Waals surface area contributed by atoms with Crippen molar-refractivity contribution in [1.82, 2.24) is 0 Å². The van der Waals surface area contributed by atoms with Crippen molar-refractivity contribution in [3.05, 3.63) is 24.5 Å². The molecule has 0 radical (unpaired) electrons. The minimum Gasteiger partial charge on any atom is -0.498 e. The largest absolute Gasteiger partial charge is 0.498 e. The number of phosphoric acid groups is 1. The van der Waals surface area contributed by atoms with Gasteiger partial charge in [0.1, 0.15) is 6.61 Å². The fourth-order valence-corrected chi connectivity index (χ4v) is 6.07. The van der Waals surface area contributed by atoms with Crippen molar-refractivity contribution in [3.8, 4) is 0 Å². The Morgan fingerprint density at radius 2 is 1.09 bits per heavy atom. The fraction of sp³-hybridized carbons (Fsp3) is 0.868. The topological polar surface area (TPSA) is 117 Å². The van der Waals surface area contributed by atoms with Crippen LogP contribution in [0.4, 0.5) is 0 Å². The van der Waals surface area contributed by atoms with Crippen molar-refractivity contribution in [2.45, 2.75) is 187 Å². The summed E-state index contributed by atoms with van der Waals surface area (Å²) in [5.74, 6) is -0.354. The Kier molecular flexibility index (Phi) is 35.2. The third-order valence-electron chi connectivity index (χ3n) is 8.19. The summed E-state index contributed by atoms with van der Waals surface area (Å²) in [6.45, 7) is 4.22. The van der Waals surface area contributed by atoms with E-state index in [1.54, 1.807) is 6.26 Å². The van der Waals surface area contributed by atoms with Crippen LogP contribution in [0.2, 0.25) is 0 Å². The molecule has 0 aliphatic carbocycles. The molecule has 8 nitrogen and oxygen atoms in total. The highest BCUT2D eigenvalue weighted by Gasteiger charge is 2.25. The number of allylic oxidation sites excluding steroid dienone is 3. The van der Waals surface area contributed by atoms with Crippen molar-refractivity contribution in [1.29, 1.82) is 0 Å². The van der Waals surface area contributed by atoms with Crippen LogP contribution in [-0.2, 0) is 27.9 Å². The number of ether oxygens (including phenoxy) is 2. The number of hydrogen-bond donors (Lipinski definition) is 2. The molecule has 0 heterocycles. The van der Waals surface area contributed by atoms with Crippen LogP contribution in [-0.4, -0.2) is 43.3 Å². The van der Waals surface area contributed by atoms with E-state index >= 15 is 0 Å². The molecule has 2 atom stereocenters. The molecule has 0 aromatic rings. The van der Waals surface area contributed by atoms with E-state index in [9.17, 15) is 14.3 Å². The average molecular weight is 688 g/mol. The van der Waals surface area contributed by atoms with Gasteiger partial charge in [0.05, 0.1) is 19.5 Å². The van der Waals surface area contributed by atoms with Crippen molar-refractivity contribution in [3.63, 3.8) is 0 Å². The summed E-state index contributed by atoms with van der Waals surface area (Å²) in [6.07, 6.45) is 38.5. The molecule has 0 aromatic heterocycles. The van der Waals surface area contributed by atoms with Crippen LogP contribution in [0.3, 0.4) is 0 Å². The van der Waals surface area contributed by atoms with Crippen molar-refractivity contribution in [2.75, 3.05) is 26.4 Å². The molecule has 0 spiro atoms. The monoisotopic (exact) mass is 688 g/mol. The second kappa shape index (κ2) is 36.1. The molecule has 0 fully saturated rings. The third kappa shape index (κ3) is 35.9. The van der Waals surface area contributed by atoms with Gasteiger partial charge in [-0.1, -0.05) is 142 Å². The second-order valence-corrected chi connectivity index (χ2v) is 14.3. The van der Waals surface area contributed by atoms with Crippen LogP contribution >= 0.6 is 7.82 Å². The molecular formula is C38H74NO7P. The zero-order valence-corrected chi connectivity index (χ0v) is 31.4. The lowest BCUT2D eigenvalue weighted by Gasteiger charge is -2.19. The number of phosphoric ester groups is 1. The summed E-state index contributed by atoms with van der Waals surface area (Å²) in [5, 5.41) is 0. The molecule has 47 heavy (non-hydrogen) atoms. The van der Waals surface area contributed by atoms with Gasteiger partial charge in [-0.3, -0.25) is 13.8 Å². The van der Waals surface area contributed by atoms with Crippen LogP contribution in [0.15, 0.2) is 24.5 Å². The maximum atomic E-state index is 12.5. The maximum Gasteiger partial charge on any atom is 0.472 e. The van der Waals surface area contributed by atoms with Gasteiger partial charge in [0.25, 0.3) is 0 Å². The molecule has 2 unspecified atom stereocenters. The molecule has 278 valence electrons. The van der Waals surface area contributed by atoms with E-state index in [4.69, 9.17) is 24.3 Å². The molecule has 0 rings (SSSR count). The predicted octanol–water partition coefficient (Wildman–Crippen LogP) is 11.3. The number of carbonyl (C=O) groups excluding carboxylic acids is 1.